The smallest absolute Gasteiger partial charge is 0.162 e. The van der Waals surface area contributed by atoms with Gasteiger partial charge in [0.25, 0.3) is 0 Å². The van der Waals surface area contributed by atoms with Crippen LogP contribution < -0.4 is 9.47 Å². The predicted molar refractivity (Wildman–Crippen MR) is 73.8 cm³/mol. The van der Waals surface area contributed by atoms with Crippen LogP contribution >= 0.6 is 0 Å². The van der Waals surface area contributed by atoms with Crippen LogP contribution in [0.1, 0.15) is 6.92 Å². The van der Waals surface area contributed by atoms with Crippen LogP contribution in [0.4, 0.5) is 0 Å². The topological polar surface area (TPSA) is 49.2 Å². The second-order valence-corrected chi connectivity index (χ2v) is 4.25. The van der Waals surface area contributed by atoms with Gasteiger partial charge >= 0.3 is 0 Å². The molecule has 5 heteroatoms. The third kappa shape index (κ3) is 1.69. The number of hydrogen-bond acceptors (Lipinski definition) is 4. The number of nitrogens with zero attached hydrogens (tertiary/aromatic N) is 3. The van der Waals surface area contributed by atoms with E-state index in [0.717, 1.165) is 28.5 Å². The van der Waals surface area contributed by atoms with Crippen LogP contribution in [-0.4, -0.2) is 28.8 Å². The molecule has 3 rings (SSSR count). The number of pyridine rings is 1. The molecule has 2 aromatic heterocycles. The van der Waals surface area contributed by atoms with E-state index in [4.69, 9.17) is 9.47 Å². The minimum Gasteiger partial charge on any atom is -0.493 e. The van der Waals surface area contributed by atoms with E-state index in [2.05, 4.69) is 21.5 Å². The van der Waals surface area contributed by atoms with Crippen molar-refractivity contribution in [3.63, 3.8) is 0 Å². The molecule has 0 saturated heterocycles. The minimum absolute atomic E-state index is 0.685. The molecule has 2 heterocycles. The van der Waals surface area contributed by atoms with Crippen molar-refractivity contribution in [1.29, 1.82) is 0 Å². The molecule has 0 spiro atoms. The number of aromatic nitrogens is 3. The SMILES string of the molecule is CCn1cnc2cnc3cc(OC)c(OC)cc3c21. The number of ether oxygens (including phenoxy) is 2. The Hall–Kier alpha value is -2.30. The Balaban J connectivity index is 2.43. The lowest BCUT2D eigenvalue weighted by molar-refractivity contribution is 0.356. The summed E-state index contributed by atoms with van der Waals surface area (Å²) in [5, 5.41) is 1.02. The van der Waals surface area contributed by atoms with Gasteiger partial charge in [0.2, 0.25) is 0 Å². The largest absolute Gasteiger partial charge is 0.493 e. The predicted octanol–water partition coefficient (Wildman–Crippen LogP) is 2.62. The molecule has 0 N–H and O–H groups in total. The molecule has 0 aliphatic carbocycles. The molecule has 3 aromatic rings. The van der Waals surface area contributed by atoms with Gasteiger partial charge in [0.1, 0.15) is 5.52 Å². The van der Waals surface area contributed by atoms with Gasteiger partial charge in [-0.2, -0.15) is 0 Å². The second kappa shape index (κ2) is 4.42. The van der Waals surface area contributed by atoms with Gasteiger partial charge in [-0.3, -0.25) is 4.98 Å². The molecule has 0 atom stereocenters. The number of imidazole rings is 1. The maximum absolute atomic E-state index is 5.36. The summed E-state index contributed by atoms with van der Waals surface area (Å²) in [6.45, 7) is 2.96. The maximum atomic E-state index is 5.36. The number of aryl methyl sites for hydroxylation is 1. The standard InChI is InChI=1S/C14H15N3O2/c1-4-17-8-16-11-7-15-10-6-13(19-3)12(18-2)5-9(10)14(11)17/h5-8H,4H2,1-3H3. The first kappa shape index (κ1) is 11.8. The van der Waals surface area contributed by atoms with E-state index in [-0.39, 0.29) is 0 Å². The summed E-state index contributed by atoms with van der Waals surface area (Å²) in [4.78, 5) is 8.80. The van der Waals surface area contributed by atoms with E-state index in [9.17, 15) is 0 Å². The molecule has 0 unspecified atom stereocenters. The van der Waals surface area contributed by atoms with Gasteiger partial charge in [0.05, 0.1) is 37.8 Å². The van der Waals surface area contributed by atoms with Gasteiger partial charge in [-0.25, -0.2) is 4.98 Å². The molecule has 0 aliphatic rings. The van der Waals surface area contributed by atoms with Crippen molar-refractivity contribution in [1.82, 2.24) is 14.5 Å². The van der Waals surface area contributed by atoms with Gasteiger partial charge in [-0.05, 0) is 13.0 Å². The van der Waals surface area contributed by atoms with Crippen molar-refractivity contribution in [2.75, 3.05) is 14.2 Å². The van der Waals surface area contributed by atoms with Crippen LogP contribution in [0.5, 0.6) is 11.5 Å². The molecule has 5 nitrogen and oxygen atoms in total. The lowest BCUT2D eigenvalue weighted by Crippen LogP contribution is -1.95. The van der Waals surface area contributed by atoms with E-state index in [1.54, 1.807) is 20.4 Å². The zero-order chi connectivity index (χ0) is 13.4. The number of benzene rings is 1. The first-order chi connectivity index (χ1) is 9.28. The molecule has 0 saturated carbocycles. The minimum atomic E-state index is 0.685. The number of hydrogen-bond donors (Lipinski definition) is 0. The van der Waals surface area contributed by atoms with Gasteiger partial charge in [0.15, 0.2) is 11.5 Å². The normalized spacial score (nSPS) is 11.1. The fourth-order valence-electron chi connectivity index (χ4n) is 2.32. The zero-order valence-corrected chi connectivity index (χ0v) is 11.2. The summed E-state index contributed by atoms with van der Waals surface area (Å²) < 4.78 is 12.8. The molecule has 0 amide bonds. The fourth-order valence-corrected chi connectivity index (χ4v) is 2.32. The molecular weight excluding hydrogens is 242 g/mol. The van der Waals surface area contributed by atoms with Gasteiger partial charge in [-0.15, -0.1) is 0 Å². The molecular formula is C14H15N3O2. The van der Waals surface area contributed by atoms with E-state index < -0.39 is 0 Å². The van der Waals surface area contributed by atoms with Crippen LogP contribution in [0.15, 0.2) is 24.7 Å². The fraction of sp³-hybridized carbons (Fsp3) is 0.286. The first-order valence-corrected chi connectivity index (χ1v) is 6.14. The molecule has 19 heavy (non-hydrogen) atoms. The Morgan fingerprint density at radius 1 is 1.05 bits per heavy atom. The van der Waals surface area contributed by atoms with Crippen molar-refractivity contribution >= 4 is 21.9 Å². The summed E-state index contributed by atoms with van der Waals surface area (Å²) in [6.07, 6.45) is 3.62. The summed E-state index contributed by atoms with van der Waals surface area (Å²) in [5.74, 6) is 1.39. The highest BCUT2D eigenvalue weighted by molar-refractivity contribution is 6.03. The van der Waals surface area contributed by atoms with E-state index >= 15 is 0 Å². The Kier molecular flexibility index (Phi) is 2.74. The number of fused-ring (bicyclic) bond motifs is 3. The van der Waals surface area contributed by atoms with Crippen molar-refractivity contribution in [2.45, 2.75) is 13.5 Å². The van der Waals surface area contributed by atoms with Crippen LogP contribution in [0.2, 0.25) is 0 Å². The number of methoxy groups -OCH3 is 2. The van der Waals surface area contributed by atoms with E-state index in [1.807, 2.05) is 18.5 Å². The van der Waals surface area contributed by atoms with Crippen molar-refractivity contribution in [2.24, 2.45) is 0 Å². The summed E-state index contributed by atoms with van der Waals surface area (Å²) in [5.41, 5.74) is 2.84. The van der Waals surface area contributed by atoms with Crippen molar-refractivity contribution in [3.05, 3.63) is 24.7 Å². The highest BCUT2D eigenvalue weighted by Crippen LogP contribution is 2.34. The van der Waals surface area contributed by atoms with E-state index in [1.165, 1.54) is 0 Å². The van der Waals surface area contributed by atoms with Crippen LogP contribution in [0.25, 0.3) is 21.9 Å². The first-order valence-electron chi connectivity index (χ1n) is 6.14. The Labute approximate surface area is 110 Å². The third-order valence-electron chi connectivity index (χ3n) is 3.29. The molecule has 98 valence electrons. The molecule has 0 fully saturated rings. The zero-order valence-electron chi connectivity index (χ0n) is 11.2. The maximum Gasteiger partial charge on any atom is 0.162 e. The summed E-state index contributed by atoms with van der Waals surface area (Å²) in [7, 11) is 3.26. The quantitative estimate of drug-likeness (QED) is 0.723. The van der Waals surface area contributed by atoms with Gasteiger partial charge < -0.3 is 14.0 Å². The highest BCUT2D eigenvalue weighted by Gasteiger charge is 2.12. The van der Waals surface area contributed by atoms with Crippen molar-refractivity contribution in [3.8, 4) is 11.5 Å². The van der Waals surface area contributed by atoms with Crippen LogP contribution in [0.3, 0.4) is 0 Å². The summed E-state index contributed by atoms with van der Waals surface area (Å²) in [6, 6.07) is 3.85. The lowest BCUT2D eigenvalue weighted by atomic mass is 10.1. The number of rotatable bonds is 3. The Morgan fingerprint density at radius 2 is 1.79 bits per heavy atom. The van der Waals surface area contributed by atoms with Gasteiger partial charge in [0, 0.05) is 18.0 Å². The Morgan fingerprint density at radius 3 is 2.47 bits per heavy atom. The second-order valence-electron chi connectivity index (χ2n) is 4.25. The van der Waals surface area contributed by atoms with Crippen LogP contribution in [0, 0.1) is 0 Å². The molecule has 0 bridgehead atoms. The van der Waals surface area contributed by atoms with Crippen molar-refractivity contribution < 1.29 is 9.47 Å². The lowest BCUT2D eigenvalue weighted by Gasteiger charge is -2.10. The third-order valence-corrected chi connectivity index (χ3v) is 3.29. The van der Waals surface area contributed by atoms with E-state index in [0.29, 0.717) is 11.5 Å². The monoisotopic (exact) mass is 257 g/mol. The molecule has 0 radical (unpaired) electrons. The van der Waals surface area contributed by atoms with Crippen LogP contribution in [-0.2, 0) is 6.54 Å². The highest BCUT2D eigenvalue weighted by atomic mass is 16.5. The Bertz CT molecular complexity index is 749. The molecule has 1 aromatic carbocycles. The summed E-state index contributed by atoms with van der Waals surface area (Å²) >= 11 is 0. The average Bonchev–Trinajstić information content (AvgIpc) is 2.89. The average molecular weight is 257 g/mol. The van der Waals surface area contributed by atoms with Gasteiger partial charge in [-0.1, -0.05) is 0 Å². The molecule has 0 aliphatic heterocycles.